The third kappa shape index (κ3) is 6.47. The predicted molar refractivity (Wildman–Crippen MR) is 123 cm³/mol. The van der Waals surface area contributed by atoms with Gasteiger partial charge in [-0.3, -0.25) is 14.7 Å². The first-order valence-corrected chi connectivity index (χ1v) is 11.6. The second kappa shape index (κ2) is 11.3. The van der Waals surface area contributed by atoms with Crippen molar-refractivity contribution < 1.29 is 13.9 Å². The van der Waals surface area contributed by atoms with E-state index in [9.17, 15) is 9.18 Å². The van der Waals surface area contributed by atoms with E-state index in [4.69, 9.17) is 4.74 Å². The summed E-state index contributed by atoms with van der Waals surface area (Å²) in [5.74, 6) is 0.338. The summed E-state index contributed by atoms with van der Waals surface area (Å²) >= 11 is 0. The number of rotatable bonds is 8. The van der Waals surface area contributed by atoms with Gasteiger partial charge in [-0.05, 0) is 68.5 Å². The van der Waals surface area contributed by atoms with Crippen LogP contribution in [0.25, 0.3) is 6.08 Å². The molecule has 0 aliphatic carbocycles. The minimum Gasteiger partial charge on any atom is -0.376 e. The number of amides is 1. The molecule has 1 aromatic heterocycles. The van der Waals surface area contributed by atoms with E-state index in [1.807, 2.05) is 35.2 Å². The monoisotopic (exact) mass is 437 g/mol. The third-order valence-corrected chi connectivity index (χ3v) is 6.40. The topological polar surface area (TPSA) is 45.7 Å². The summed E-state index contributed by atoms with van der Waals surface area (Å²) in [6.45, 7) is 4.66. The molecule has 1 atom stereocenters. The number of nitrogens with zero attached hydrogens (tertiary/aromatic N) is 3. The van der Waals surface area contributed by atoms with Crippen LogP contribution in [0, 0.1) is 11.7 Å². The SMILES string of the molecule is O=C(/C=C/c1cccnc1)N(CC1CCN(Cc2ccccc2F)CC1)CC1CCCO1. The van der Waals surface area contributed by atoms with E-state index >= 15 is 0 Å². The summed E-state index contributed by atoms with van der Waals surface area (Å²) in [6, 6.07) is 10.8. The Labute approximate surface area is 189 Å². The number of ether oxygens (including phenoxy) is 1. The van der Waals surface area contributed by atoms with Gasteiger partial charge in [0, 0.05) is 50.3 Å². The number of carbonyl (C=O) groups is 1. The zero-order valence-electron chi connectivity index (χ0n) is 18.5. The molecule has 2 aliphatic rings. The van der Waals surface area contributed by atoms with Crippen LogP contribution in [-0.2, 0) is 16.1 Å². The van der Waals surface area contributed by atoms with Gasteiger partial charge in [0.25, 0.3) is 0 Å². The number of aromatic nitrogens is 1. The Balaban J connectivity index is 1.33. The molecule has 1 unspecified atom stereocenters. The highest BCUT2D eigenvalue weighted by atomic mass is 19.1. The predicted octanol–water partition coefficient (Wildman–Crippen LogP) is 4.15. The highest BCUT2D eigenvalue weighted by molar-refractivity contribution is 5.91. The van der Waals surface area contributed by atoms with Crippen LogP contribution in [0.1, 0.15) is 36.8 Å². The molecule has 2 aliphatic heterocycles. The second-order valence-corrected chi connectivity index (χ2v) is 8.81. The Morgan fingerprint density at radius 1 is 1.16 bits per heavy atom. The summed E-state index contributed by atoms with van der Waals surface area (Å²) in [6.07, 6.45) is 11.2. The molecule has 0 N–H and O–H groups in total. The first kappa shape index (κ1) is 22.6. The lowest BCUT2D eigenvalue weighted by Gasteiger charge is -2.35. The molecule has 0 spiro atoms. The van der Waals surface area contributed by atoms with Gasteiger partial charge in [-0.1, -0.05) is 24.3 Å². The average Bonchev–Trinajstić information content (AvgIpc) is 3.34. The van der Waals surface area contributed by atoms with E-state index in [1.54, 1.807) is 24.5 Å². The lowest BCUT2D eigenvalue weighted by atomic mass is 9.95. The van der Waals surface area contributed by atoms with Crippen molar-refractivity contribution in [3.8, 4) is 0 Å². The van der Waals surface area contributed by atoms with Crippen molar-refractivity contribution in [3.05, 3.63) is 71.8 Å². The number of benzene rings is 1. The van der Waals surface area contributed by atoms with Crippen LogP contribution >= 0.6 is 0 Å². The molecule has 0 bridgehead atoms. The largest absolute Gasteiger partial charge is 0.376 e. The van der Waals surface area contributed by atoms with Crippen molar-refractivity contribution >= 4 is 12.0 Å². The summed E-state index contributed by atoms with van der Waals surface area (Å²) in [4.78, 5) is 21.4. The molecule has 1 aromatic carbocycles. The molecule has 2 aromatic rings. The number of hydrogen-bond donors (Lipinski definition) is 0. The first-order chi connectivity index (χ1) is 15.7. The Hall–Kier alpha value is -2.57. The van der Waals surface area contributed by atoms with Gasteiger partial charge in [0.05, 0.1) is 6.10 Å². The number of halogens is 1. The van der Waals surface area contributed by atoms with Gasteiger partial charge in [0.1, 0.15) is 5.82 Å². The first-order valence-electron chi connectivity index (χ1n) is 11.6. The molecule has 0 saturated carbocycles. The average molecular weight is 438 g/mol. The van der Waals surface area contributed by atoms with E-state index in [1.165, 1.54) is 6.07 Å². The maximum absolute atomic E-state index is 14.0. The fourth-order valence-electron chi connectivity index (χ4n) is 4.54. The van der Waals surface area contributed by atoms with Crippen molar-refractivity contribution in [2.75, 3.05) is 32.8 Å². The maximum atomic E-state index is 14.0. The normalized spacial score (nSPS) is 20.1. The van der Waals surface area contributed by atoms with Crippen LogP contribution in [-0.4, -0.2) is 59.6 Å². The Morgan fingerprint density at radius 3 is 2.72 bits per heavy atom. The highest BCUT2D eigenvalue weighted by Gasteiger charge is 2.26. The van der Waals surface area contributed by atoms with Crippen LogP contribution in [0.5, 0.6) is 0 Å². The second-order valence-electron chi connectivity index (χ2n) is 8.81. The maximum Gasteiger partial charge on any atom is 0.246 e. The lowest BCUT2D eigenvalue weighted by molar-refractivity contribution is -0.128. The van der Waals surface area contributed by atoms with Crippen LogP contribution in [0.4, 0.5) is 4.39 Å². The molecule has 5 nitrogen and oxygen atoms in total. The van der Waals surface area contributed by atoms with Gasteiger partial charge in [-0.25, -0.2) is 4.39 Å². The smallest absolute Gasteiger partial charge is 0.246 e. The highest BCUT2D eigenvalue weighted by Crippen LogP contribution is 2.22. The Morgan fingerprint density at radius 2 is 2.00 bits per heavy atom. The molecule has 0 radical (unpaired) electrons. The van der Waals surface area contributed by atoms with Crippen molar-refractivity contribution in [2.45, 2.75) is 38.3 Å². The Bertz CT molecular complexity index is 891. The van der Waals surface area contributed by atoms with Gasteiger partial charge in [0.2, 0.25) is 5.91 Å². The van der Waals surface area contributed by atoms with Crippen molar-refractivity contribution in [1.82, 2.24) is 14.8 Å². The fourth-order valence-corrected chi connectivity index (χ4v) is 4.54. The molecule has 4 rings (SSSR count). The number of piperidine rings is 1. The van der Waals surface area contributed by atoms with Crippen molar-refractivity contribution in [1.29, 1.82) is 0 Å². The molecule has 170 valence electrons. The van der Waals surface area contributed by atoms with Gasteiger partial charge in [-0.2, -0.15) is 0 Å². The zero-order chi connectivity index (χ0) is 22.2. The number of carbonyl (C=O) groups excluding carboxylic acids is 1. The van der Waals surface area contributed by atoms with E-state index in [2.05, 4.69) is 9.88 Å². The van der Waals surface area contributed by atoms with Crippen molar-refractivity contribution in [3.63, 3.8) is 0 Å². The zero-order valence-corrected chi connectivity index (χ0v) is 18.5. The number of hydrogen-bond acceptors (Lipinski definition) is 4. The summed E-state index contributed by atoms with van der Waals surface area (Å²) in [7, 11) is 0. The Kier molecular flexibility index (Phi) is 8.02. The minimum absolute atomic E-state index is 0.0261. The number of likely N-dealkylation sites (tertiary alicyclic amines) is 1. The van der Waals surface area contributed by atoms with Gasteiger partial charge in [0.15, 0.2) is 0 Å². The van der Waals surface area contributed by atoms with Crippen molar-refractivity contribution in [2.24, 2.45) is 5.92 Å². The van der Waals surface area contributed by atoms with E-state index in [0.29, 0.717) is 19.0 Å². The van der Waals surface area contributed by atoms with Crippen LogP contribution in [0.15, 0.2) is 54.9 Å². The molecule has 2 fully saturated rings. The third-order valence-electron chi connectivity index (χ3n) is 6.40. The molecule has 3 heterocycles. The minimum atomic E-state index is -0.136. The standard InChI is InChI=1S/C26H32FN3O2/c27-25-8-2-1-6-23(25)19-29-14-11-22(12-15-29)18-30(20-24-7-4-16-32-24)26(31)10-9-21-5-3-13-28-17-21/h1-3,5-6,8-10,13,17,22,24H,4,7,11-12,14-16,18-20H2/b10-9+. The van der Waals surface area contributed by atoms with E-state index < -0.39 is 0 Å². The molecule has 32 heavy (non-hydrogen) atoms. The van der Waals surface area contributed by atoms with Crippen LogP contribution in [0.2, 0.25) is 0 Å². The van der Waals surface area contributed by atoms with E-state index in [0.717, 1.165) is 63.1 Å². The molecule has 2 saturated heterocycles. The quantitative estimate of drug-likeness (QED) is 0.582. The van der Waals surface area contributed by atoms with Gasteiger partial charge < -0.3 is 9.64 Å². The summed E-state index contributed by atoms with van der Waals surface area (Å²) < 4.78 is 19.8. The lowest BCUT2D eigenvalue weighted by Crippen LogP contribution is -2.43. The molecule has 6 heteroatoms. The fraction of sp³-hybridized carbons (Fsp3) is 0.462. The molecular weight excluding hydrogens is 405 g/mol. The van der Waals surface area contributed by atoms with Gasteiger partial charge >= 0.3 is 0 Å². The van der Waals surface area contributed by atoms with Crippen LogP contribution < -0.4 is 0 Å². The van der Waals surface area contributed by atoms with Crippen LogP contribution in [0.3, 0.4) is 0 Å². The summed E-state index contributed by atoms with van der Waals surface area (Å²) in [5.41, 5.74) is 1.67. The number of pyridine rings is 1. The summed E-state index contributed by atoms with van der Waals surface area (Å²) in [5, 5.41) is 0. The van der Waals surface area contributed by atoms with E-state index in [-0.39, 0.29) is 17.8 Å². The molecular formula is C26H32FN3O2. The van der Waals surface area contributed by atoms with Gasteiger partial charge in [-0.15, -0.1) is 0 Å². The molecule has 1 amide bonds.